The van der Waals surface area contributed by atoms with E-state index in [1.165, 1.54) is 7.11 Å². The molecule has 0 spiro atoms. The minimum absolute atomic E-state index is 0.0871. The van der Waals surface area contributed by atoms with E-state index in [2.05, 4.69) is 5.32 Å². The first-order valence-electron chi connectivity index (χ1n) is 12.4. The zero-order valence-corrected chi connectivity index (χ0v) is 22.2. The summed E-state index contributed by atoms with van der Waals surface area (Å²) in [6, 6.07) is 13.6. The first-order chi connectivity index (χ1) is 18.9. The molecule has 39 heavy (non-hydrogen) atoms. The van der Waals surface area contributed by atoms with E-state index in [0.717, 1.165) is 16.7 Å². The molecular weight excluding hydrogens is 526 g/mol. The van der Waals surface area contributed by atoms with E-state index in [0.29, 0.717) is 39.3 Å². The number of nitrogens with one attached hydrogen (secondary N) is 1. The number of hydrogen-bond acceptors (Lipinski definition) is 8. The molecule has 10 heteroatoms. The van der Waals surface area contributed by atoms with E-state index in [-0.39, 0.29) is 31.2 Å². The van der Waals surface area contributed by atoms with Gasteiger partial charge in [0, 0.05) is 22.4 Å². The van der Waals surface area contributed by atoms with Gasteiger partial charge in [0.2, 0.25) is 12.5 Å². The molecule has 1 amide bonds. The zero-order valence-electron chi connectivity index (χ0n) is 21.5. The average Bonchev–Trinajstić information content (AvgIpc) is 3.57. The zero-order chi connectivity index (χ0) is 27.3. The predicted octanol–water partition coefficient (Wildman–Crippen LogP) is 4.50. The van der Waals surface area contributed by atoms with Gasteiger partial charge in [0.25, 0.3) is 5.91 Å². The summed E-state index contributed by atoms with van der Waals surface area (Å²) < 4.78 is 33.7. The number of carbonyl (C=O) groups is 2. The summed E-state index contributed by atoms with van der Waals surface area (Å²) in [4.78, 5) is 26.7. The van der Waals surface area contributed by atoms with Gasteiger partial charge in [-0.05, 0) is 65.2 Å². The summed E-state index contributed by atoms with van der Waals surface area (Å²) in [5, 5.41) is 3.68. The van der Waals surface area contributed by atoms with Crippen LogP contribution in [0.4, 0.5) is 0 Å². The molecule has 3 aromatic carbocycles. The second-order valence-electron chi connectivity index (χ2n) is 9.55. The highest BCUT2D eigenvalue weighted by Gasteiger charge is 2.53. The van der Waals surface area contributed by atoms with Crippen molar-refractivity contribution in [2.75, 3.05) is 34.7 Å². The summed E-state index contributed by atoms with van der Waals surface area (Å²) in [5.74, 6) is 0.534. The Hall–Kier alpha value is -4.11. The number of benzene rings is 3. The Morgan fingerprint density at radius 3 is 2.15 bits per heavy atom. The summed E-state index contributed by atoms with van der Waals surface area (Å²) in [7, 11) is 4.63. The van der Waals surface area contributed by atoms with Gasteiger partial charge in [-0.3, -0.25) is 9.59 Å². The van der Waals surface area contributed by atoms with Gasteiger partial charge in [-0.1, -0.05) is 11.6 Å². The number of fused-ring (bicyclic) bond motifs is 3. The van der Waals surface area contributed by atoms with Crippen molar-refractivity contribution in [3.05, 3.63) is 75.8 Å². The molecule has 0 radical (unpaired) electrons. The van der Waals surface area contributed by atoms with Crippen molar-refractivity contribution in [3.63, 3.8) is 0 Å². The van der Waals surface area contributed by atoms with Crippen molar-refractivity contribution < 1.29 is 38.0 Å². The molecule has 0 saturated carbocycles. The number of halogens is 1. The van der Waals surface area contributed by atoms with Crippen molar-refractivity contribution in [1.29, 1.82) is 0 Å². The Bertz CT molecular complexity index is 1430. The van der Waals surface area contributed by atoms with E-state index in [9.17, 15) is 9.59 Å². The van der Waals surface area contributed by atoms with Crippen LogP contribution in [0, 0.1) is 11.8 Å². The van der Waals surface area contributed by atoms with Crippen LogP contribution in [0.25, 0.3) is 0 Å². The number of methoxy groups -OCH3 is 3. The SMILES string of the molecule is COc1cc([C@@H]2c3cc4c(cc3[C@@H](NC(=O)c3ccc(Cl)cc3)[C@H]3COC(=O)C23)OCO4)cc(OC)c1OC. The van der Waals surface area contributed by atoms with E-state index in [1.54, 1.807) is 38.5 Å². The molecule has 202 valence electrons. The highest BCUT2D eigenvalue weighted by Crippen LogP contribution is 2.55. The molecule has 4 atom stereocenters. The molecule has 1 N–H and O–H groups in total. The molecule has 1 unspecified atom stereocenters. The summed E-state index contributed by atoms with van der Waals surface area (Å²) in [6.07, 6.45) is 0. The highest BCUT2D eigenvalue weighted by molar-refractivity contribution is 6.30. The van der Waals surface area contributed by atoms with Gasteiger partial charge in [0.15, 0.2) is 23.0 Å². The summed E-state index contributed by atoms with van der Waals surface area (Å²) in [5.41, 5.74) is 2.87. The number of cyclic esters (lactones) is 1. The third-order valence-electron chi connectivity index (χ3n) is 7.63. The third-order valence-corrected chi connectivity index (χ3v) is 7.88. The van der Waals surface area contributed by atoms with Crippen molar-refractivity contribution in [3.8, 4) is 28.7 Å². The molecule has 1 saturated heterocycles. The molecular formula is C29H26ClNO8. The molecule has 6 rings (SSSR count). The molecule has 9 nitrogen and oxygen atoms in total. The molecule has 0 bridgehead atoms. The topological polar surface area (TPSA) is 102 Å². The van der Waals surface area contributed by atoms with Gasteiger partial charge in [-0.25, -0.2) is 0 Å². The van der Waals surface area contributed by atoms with Gasteiger partial charge in [-0.15, -0.1) is 0 Å². The normalized spacial score (nSPS) is 22.4. The number of ether oxygens (including phenoxy) is 6. The van der Waals surface area contributed by atoms with Crippen LogP contribution in [0.5, 0.6) is 28.7 Å². The maximum atomic E-state index is 13.3. The lowest BCUT2D eigenvalue weighted by atomic mass is 9.65. The summed E-state index contributed by atoms with van der Waals surface area (Å²) >= 11 is 6.02. The minimum Gasteiger partial charge on any atom is -0.493 e. The third kappa shape index (κ3) is 4.17. The Balaban J connectivity index is 1.51. The van der Waals surface area contributed by atoms with Crippen molar-refractivity contribution >= 4 is 23.5 Å². The number of rotatable bonds is 6. The fourth-order valence-electron chi connectivity index (χ4n) is 5.85. The smallest absolute Gasteiger partial charge is 0.310 e. The van der Waals surface area contributed by atoms with Gasteiger partial charge in [0.1, 0.15) is 0 Å². The first kappa shape index (κ1) is 25.2. The summed E-state index contributed by atoms with van der Waals surface area (Å²) in [6.45, 7) is 0.244. The largest absolute Gasteiger partial charge is 0.493 e. The van der Waals surface area contributed by atoms with E-state index in [4.69, 9.17) is 40.0 Å². The van der Waals surface area contributed by atoms with Crippen LogP contribution >= 0.6 is 11.6 Å². The van der Waals surface area contributed by atoms with Crippen molar-refractivity contribution in [2.45, 2.75) is 12.0 Å². The van der Waals surface area contributed by atoms with Crippen LogP contribution < -0.4 is 29.0 Å². The number of hydrogen-bond donors (Lipinski definition) is 1. The van der Waals surface area contributed by atoms with Crippen LogP contribution in [0.1, 0.15) is 39.0 Å². The Kier molecular flexibility index (Phi) is 6.38. The minimum atomic E-state index is -0.587. The lowest BCUT2D eigenvalue weighted by molar-refractivity contribution is -0.141. The first-order valence-corrected chi connectivity index (χ1v) is 12.8. The quantitative estimate of drug-likeness (QED) is 0.447. The van der Waals surface area contributed by atoms with Gasteiger partial charge in [0.05, 0.1) is 39.9 Å². The lowest BCUT2D eigenvalue weighted by Gasteiger charge is -2.39. The van der Waals surface area contributed by atoms with Crippen LogP contribution in [0.2, 0.25) is 5.02 Å². The molecule has 1 fully saturated rings. The molecule has 3 aromatic rings. The van der Waals surface area contributed by atoms with Gasteiger partial charge >= 0.3 is 5.97 Å². The average molecular weight is 552 g/mol. The molecule has 2 heterocycles. The number of carbonyl (C=O) groups excluding carboxylic acids is 2. The molecule has 3 aliphatic rings. The Labute approximate surface area is 229 Å². The van der Waals surface area contributed by atoms with Crippen molar-refractivity contribution in [1.82, 2.24) is 5.32 Å². The van der Waals surface area contributed by atoms with Gasteiger partial charge < -0.3 is 33.7 Å². The predicted molar refractivity (Wildman–Crippen MR) is 140 cm³/mol. The van der Waals surface area contributed by atoms with E-state index in [1.807, 2.05) is 24.3 Å². The Morgan fingerprint density at radius 2 is 1.54 bits per heavy atom. The number of esters is 1. The standard InChI is InChI=1S/C29H26ClNO8/c1-34-22-8-15(9-23(35-2)27(22)36-3)24-17-10-20-21(39-13-38-20)11-18(17)26(19-12-37-29(33)25(19)24)31-28(32)14-4-6-16(30)7-5-14/h4-11,19,24-26H,12-13H2,1-3H3,(H,31,32)/t19-,24+,25?,26+/m0/s1. The van der Waals surface area contributed by atoms with E-state index < -0.39 is 17.9 Å². The Morgan fingerprint density at radius 1 is 0.897 bits per heavy atom. The molecule has 2 aliphatic heterocycles. The fraction of sp³-hybridized carbons (Fsp3) is 0.310. The van der Waals surface area contributed by atoms with Crippen LogP contribution in [-0.2, 0) is 9.53 Å². The molecule has 0 aromatic heterocycles. The fourth-order valence-corrected chi connectivity index (χ4v) is 5.98. The van der Waals surface area contributed by atoms with Crippen LogP contribution in [-0.4, -0.2) is 46.6 Å². The van der Waals surface area contributed by atoms with Crippen molar-refractivity contribution in [2.24, 2.45) is 11.8 Å². The second kappa shape index (κ2) is 9.89. The monoisotopic (exact) mass is 551 g/mol. The molecule has 1 aliphatic carbocycles. The maximum absolute atomic E-state index is 13.3. The van der Waals surface area contributed by atoms with E-state index >= 15 is 0 Å². The van der Waals surface area contributed by atoms with Crippen LogP contribution in [0.15, 0.2) is 48.5 Å². The lowest BCUT2D eigenvalue weighted by Crippen LogP contribution is -2.42. The second-order valence-corrected chi connectivity index (χ2v) is 9.98. The number of amides is 1. The highest BCUT2D eigenvalue weighted by atomic mass is 35.5. The van der Waals surface area contributed by atoms with Crippen LogP contribution in [0.3, 0.4) is 0 Å². The maximum Gasteiger partial charge on any atom is 0.310 e. The van der Waals surface area contributed by atoms with Gasteiger partial charge in [-0.2, -0.15) is 0 Å².